The van der Waals surface area contributed by atoms with Gasteiger partial charge in [-0.1, -0.05) is 13.3 Å². The molecule has 0 atom stereocenters. The molecule has 114 valence electrons. The lowest BCUT2D eigenvalue weighted by atomic mass is 10.2. The molecular formula is C14H19N3O3S. The monoisotopic (exact) mass is 309 g/mol. The van der Waals surface area contributed by atoms with Crippen LogP contribution in [0.2, 0.25) is 0 Å². The summed E-state index contributed by atoms with van der Waals surface area (Å²) in [6, 6.07) is 6.39. The van der Waals surface area contributed by atoms with Crippen LogP contribution >= 0.6 is 12.2 Å². The molecule has 0 heterocycles. The fraction of sp³-hybridized carbons (Fsp3) is 0.357. The van der Waals surface area contributed by atoms with E-state index in [1.54, 1.807) is 24.3 Å². The zero-order valence-corrected chi connectivity index (χ0v) is 12.9. The topological polar surface area (TPSA) is 84.7 Å². The van der Waals surface area contributed by atoms with Crippen LogP contribution in [0, 0.1) is 0 Å². The number of benzene rings is 1. The number of nitrogens with one attached hydrogen (secondary N) is 1. The fourth-order valence-electron chi connectivity index (χ4n) is 1.54. The summed E-state index contributed by atoms with van der Waals surface area (Å²) in [6.45, 7) is 3.79. The molecule has 0 aliphatic heterocycles. The minimum absolute atomic E-state index is 0.137. The quantitative estimate of drug-likeness (QED) is 0.477. The first-order chi connectivity index (χ1) is 9.95. The van der Waals surface area contributed by atoms with Crippen LogP contribution in [0.15, 0.2) is 24.3 Å². The van der Waals surface area contributed by atoms with Gasteiger partial charge in [-0.3, -0.25) is 14.4 Å². The maximum absolute atomic E-state index is 12.3. The van der Waals surface area contributed by atoms with Gasteiger partial charge in [0.1, 0.15) is 0 Å². The van der Waals surface area contributed by atoms with E-state index in [2.05, 4.69) is 5.32 Å². The molecule has 1 rings (SSSR count). The fourth-order valence-corrected chi connectivity index (χ4v) is 1.67. The van der Waals surface area contributed by atoms with Gasteiger partial charge >= 0.3 is 0 Å². The molecule has 0 aliphatic carbocycles. The standard InChI is InChI=1S/C14H19N3O3S/c1-3-4-9-20-17(14(15)21)13(19)11-5-7-12(8-6-11)16-10(2)18/h5-8H,3-4,9H2,1-2H3,(H2,15,21)(H,16,18). The van der Waals surface area contributed by atoms with E-state index in [1.807, 2.05) is 6.92 Å². The van der Waals surface area contributed by atoms with Gasteiger partial charge in [-0.2, -0.15) is 5.06 Å². The Kier molecular flexibility index (Phi) is 6.77. The largest absolute Gasteiger partial charge is 0.374 e. The second-order valence-electron chi connectivity index (χ2n) is 4.38. The molecular weight excluding hydrogens is 290 g/mol. The van der Waals surface area contributed by atoms with Crippen molar-refractivity contribution in [3.63, 3.8) is 0 Å². The van der Waals surface area contributed by atoms with Crippen LogP contribution in [0.5, 0.6) is 0 Å². The lowest BCUT2D eigenvalue weighted by molar-refractivity contribution is -0.114. The average Bonchev–Trinajstić information content (AvgIpc) is 2.43. The van der Waals surface area contributed by atoms with E-state index in [4.69, 9.17) is 22.8 Å². The van der Waals surface area contributed by atoms with Crippen LogP contribution in [-0.2, 0) is 9.63 Å². The summed E-state index contributed by atoms with van der Waals surface area (Å²) in [4.78, 5) is 28.5. The van der Waals surface area contributed by atoms with E-state index in [0.29, 0.717) is 17.9 Å². The van der Waals surface area contributed by atoms with Crippen molar-refractivity contribution in [1.82, 2.24) is 5.06 Å². The number of hydroxylamine groups is 2. The van der Waals surface area contributed by atoms with E-state index in [9.17, 15) is 9.59 Å². The number of carbonyl (C=O) groups is 2. The van der Waals surface area contributed by atoms with Crippen LogP contribution in [0.4, 0.5) is 5.69 Å². The van der Waals surface area contributed by atoms with Crippen LogP contribution in [0.25, 0.3) is 0 Å². The third-order valence-corrected chi connectivity index (χ3v) is 2.72. The first-order valence-corrected chi connectivity index (χ1v) is 7.01. The number of amides is 2. The molecule has 0 unspecified atom stereocenters. The highest BCUT2D eigenvalue weighted by molar-refractivity contribution is 7.80. The molecule has 0 saturated heterocycles. The lowest BCUT2D eigenvalue weighted by Gasteiger charge is -2.19. The lowest BCUT2D eigenvalue weighted by Crippen LogP contribution is -2.40. The molecule has 1 aromatic carbocycles. The van der Waals surface area contributed by atoms with Gasteiger partial charge in [0.25, 0.3) is 5.91 Å². The smallest absolute Gasteiger partial charge is 0.284 e. The molecule has 6 nitrogen and oxygen atoms in total. The Hall–Kier alpha value is -1.99. The summed E-state index contributed by atoms with van der Waals surface area (Å²) < 4.78 is 0. The molecule has 0 aliphatic rings. The van der Waals surface area contributed by atoms with Gasteiger partial charge in [-0.25, -0.2) is 0 Å². The number of carbonyl (C=O) groups excluding carboxylic acids is 2. The summed E-state index contributed by atoms with van der Waals surface area (Å²) in [6.07, 6.45) is 1.73. The summed E-state index contributed by atoms with van der Waals surface area (Å²) >= 11 is 4.83. The number of unbranched alkanes of at least 4 members (excludes halogenated alkanes) is 1. The van der Waals surface area contributed by atoms with Crippen molar-refractivity contribution < 1.29 is 14.4 Å². The van der Waals surface area contributed by atoms with Crippen molar-refractivity contribution in [3.05, 3.63) is 29.8 Å². The van der Waals surface area contributed by atoms with E-state index in [0.717, 1.165) is 17.9 Å². The Morgan fingerprint density at radius 3 is 2.43 bits per heavy atom. The predicted molar refractivity (Wildman–Crippen MR) is 84.6 cm³/mol. The first-order valence-electron chi connectivity index (χ1n) is 6.60. The Balaban J connectivity index is 2.78. The second-order valence-corrected chi connectivity index (χ2v) is 4.80. The van der Waals surface area contributed by atoms with Crippen LogP contribution < -0.4 is 11.1 Å². The number of thiocarbonyl (C=S) groups is 1. The normalized spacial score (nSPS) is 10.0. The molecule has 0 radical (unpaired) electrons. The number of nitrogens with zero attached hydrogens (tertiary/aromatic N) is 1. The second kappa shape index (κ2) is 8.33. The molecule has 0 spiro atoms. The van der Waals surface area contributed by atoms with Crippen molar-refractivity contribution in [2.45, 2.75) is 26.7 Å². The highest BCUT2D eigenvalue weighted by atomic mass is 32.1. The van der Waals surface area contributed by atoms with Crippen LogP contribution in [0.1, 0.15) is 37.0 Å². The number of hydrogen-bond donors (Lipinski definition) is 2. The van der Waals surface area contributed by atoms with E-state index in [-0.39, 0.29) is 11.0 Å². The summed E-state index contributed by atoms with van der Waals surface area (Å²) in [5.74, 6) is -0.616. The molecule has 1 aromatic rings. The Morgan fingerprint density at radius 2 is 1.95 bits per heavy atom. The average molecular weight is 309 g/mol. The van der Waals surface area contributed by atoms with Crippen molar-refractivity contribution >= 4 is 34.8 Å². The zero-order valence-electron chi connectivity index (χ0n) is 12.1. The first kappa shape index (κ1) is 17.1. The van der Waals surface area contributed by atoms with Gasteiger partial charge in [-0.15, -0.1) is 0 Å². The number of nitrogens with two attached hydrogens (primary N) is 1. The summed E-state index contributed by atoms with van der Waals surface area (Å²) in [5.41, 5.74) is 6.48. The Morgan fingerprint density at radius 1 is 1.33 bits per heavy atom. The van der Waals surface area contributed by atoms with Gasteiger partial charge in [0.05, 0.1) is 6.61 Å². The molecule has 0 fully saturated rings. The Labute approximate surface area is 129 Å². The summed E-state index contributed by atoms with van der Waals surface area (Å²) in [5, 5.41) is 3.40. The molecule has 3 N–H and O–H groups in total. The number of rotatable bonds is 6. The van der Waals surface area contributed by atoms with Crippen molar-refractivity contribution in [3.8, 4) is 0 Å². The molecule has 0 saturated carbocycles. The van der Waals surface area contributed by atoms with Gasteiger partial charge in [0, 0.05) is 18.2 Å². The molecule has 2 amide bonds. The van der Waals surface area contributed by atoms with Gasteiger partial charge < -0.3 is 11.1 Å². The maximum atomic E-state index is 12.3. The third-order valence-electron chi connectivity index (χ3n) is 2.56. The highest BCUT2D eigenvalue weighted by Gasteiger charge is 2.19. The highest BCUT2D eigenvalue weighted by Crippen LogP contribution is 2.12. The third kappa shape index (κ3) is 5.49. The van der Waals surface area contributed by atoms with Gasteiger partial charge in [-0.05, 0) is 42.9 Å². The van der Waals surface area contributed by atoms with Crippen molar-refractivity contribution in [1.29, 1.82) is 0 Å². The molecule has 21 heavy (non-hydrogen) atoms. The number of anilines is 1. The summed E-state index contributed by atoms with van der Waals surface area (Å²) in [7, 11) is 0. The van der Waals surface area contributed by atoms with Gasteiger partial charge in [0.15, 0.2) is 5.11 Å². The maximum Gasteiger partial charge on any atom is 0.284 e. The minimum atomic E-state index is -0.437. The Bertz CT molecular complexity index is 517. The van der Waals surface area contributed by atoms with Crippen LogP contribution in [0.3, 0.4) is 0 Å². The van der Waals surface area contributed by atoms with E-state index >= 15 is 0 Å². The zero-order chi connectivity index (χ0) is 15.8. The predicted octanol–water partition coefficient (Wildman–Crippen LogP) is 2.06. The SMILES string of the molecule is CCCCON(C(=O)c1ccc(NC(C)=O)cc1)C(N)=S. The minimum Gasteiger partial charge on any atom is -0.374 e. The van der Waals surface area contributed by atoms with Crippen LogP contribution in [-0.4, -0.2) is 28.6 Å². The van der Waals surface area contributed by atoms with E-state index < -0.39 is 5.91 Å². The molecule has 0 bridgehead atoms. The van der Waals surface area contributed by atoms with Crippen molar-refractivity contribution in [2.75, 3.05) is 11.9 Å². The molecule has 0 aromatic heterocycles. The van der Waals surface area contributed by atoms with Gasteiger partial charge in [0.2, 0.25) is 5.91 Å². The van der Waals surface area contributed by atoms with Crippen molar-refractivity contribution in [2.24, 2.45) is 5.73 Å². The van der Waals surface area contributed by atoms with E-state index in [1.165, 1.54) is 6.92 Å². The molecule has 7 heteroatoms. The number of hydrogen-bond acceptors (Lipinski definition) is 4.